The van der Waals surface area contributed by atoms with E-state index in [1.165, 1.54) is 0 Å². The van der Waals surface area contributed by atoms with Gasteiger partial charge in [-0.1, -0.05) is 0 Å². The van der Waals surface area contributed by atoms with Crippen molar-refractivity contribution in [3.8, 4) is 0 Å². The van der Waals surface area contributed by atoms with Crippen molar-refractivity contribution in [2.75, 3.05) is 79.3 Å². The molecule has 0 bridgehead atoms. The van der Waals surface area contributed by atoms with Gasteiger partial charge in [0.1, 0.15) is 293 Å². The molecule has 63 heteroatoms. The average molecular weight is 2050 g/mol. The SMILES string of the molecule is CC(=O)N[C@@H]1[C@@H](O)[C@H](O[C@@H]2O[C@H](CO)[C@@H](O[C@@H]3O[C@H](CO[C@H]4O[C@H](CO[C@H]5O[C@H](CO)[C@@H](O)[C@H](O)[C@@H]5O[C@H]5O[C@H](CO)[C@@H](O)[C@H](O)[C@@H]5O[C@H]5O[C@H](CO)[C@H](O)[C@H](O)[C@H]5O)[C@@H](O)[C@H](O[C@H]5O[C@H](CO)[C@@H](O)[C@H](O)[C@@H]5O[C@H]5O[C@H](CO)[C@@H](O)[C@H](O)[C@@H]5O)[C@@H]4O)[C@@H](O)[C@H](O[C@H]4O[C@H](CO)[C@@H](O)[C@H](O)[C@@H]4O[C@H]4O[C@H](CO)[C@@H](O)[C@H](O)[C@@H]4O[C@H]4O[C@H](CO)[C@@H](O)[C@H](O)[C@@H]4O)[C@@H]3O)[C@H](O)[C@H]2NC(C)=O)[C@@H](CO)O[C@H]1O. The third-order valence-electron chi connectivity index (χ3n) is 25.9. The molecule has 0 saturated carbocycles. The van der Waals surface area contributed by atoms with E-state index in [0.29, 0.717) is 0 Å². The van der Waals surface area contributed by atoms with Crippen LogP contribution in [0.25, 0.3) is 0 Å². The van der Waals surface area contributed by atoms with Gasteiger partial charge >= 0.3 is 0 Å². The van der Waals surface area contributed by atoms with Crippen LogP contribution in [0.1, 0.15) is 13.8 Å². The van der Waals surface area contributed by atoms with E-state index >= 15 is 0 Å². The third kappa shape index (κ3) is 24.5. The maximum Gasteiger partial charge on any atom is 0.217 e. The molecule has 808 valence electrons. The molecule has 38 N–H and O–H groups in total. The molecule has 12 fully saturated rings. The molecule has 12 rings (SSSR count). The zero-order chi connectivity index (χ0) is 102. The van der Waals surface area contributed by atoms with Crippen molar-refractivity contribution in [1.82, 2.24) is 10.6 Å². The van der Waals surface area contributed by atoms with Gasteiger partial charge < -0.3 is 303 Å². The van der Waals surface area contributed by atoms with Crippen LogP contribution in [0.5, 0.6) is 0 Å². The number of rotatable bonds is 36. The topological polar surface area (TPSA) is 999 Å². The Labute approximate surface area is 784 Å². The summed E-state index contributed by atoms with van der Waals surface area (Å²) in [5, 5.41) is 408. The van der Waals surface area contributed by atoms with Crippen molar-refractivity contribution in [2.24, 2.45) is 0 Å². The van der Waals surface area contributed by atoms with Gasteiger partial charge in [0.25, 0.3) is 0 Å². The maximum atomic E-state index is 13.2. The van der Waals surface area contributed by atoms with Crippen LogP contribution < -0.4 is 10.6 Å². The van der Waals surface area contributed by atoms with Crippen LogP contribution in [0.2, 0.25) is 0 Å². The monoisotopic (exact) mass is 2040 g/mol. The summed E-state index contributed by atoms with van der Waals surface area (Å²) in [7, 11) is 0. The lowest BCUT2D eigenvalue weighted by Crippen LogP contribution is -2.70. The van der Waals surface area contributed by atoms with Crippen molar-refractivity contribution in [3.63, 3.8) is 0 Å². The van der Waals surface area contributed by atoms with Crippen molar-refractivity contribution in [3.05, 3.63) is 0 Å². The Balaban J connectivity index is 0.912. The van der Waals surface area contributed by atoms with Gasteiger partial charge in [0.15, 0.2) is 75.5 Å². The number of aliphatic hydroxyl groups is 36. The molecular weight excluding hydrogens is 1920 g/mol. The second-order valence-electron chi connectivity index (χ2n) is 35.2. The van der Waals surface area contributed by atoms with E-state index < -0.39 is 459 Å². The van der Waals surface area contributed by atoms with Crippen molar-refractivity contribution < 1.29 is 302 Å². The van der Waals surface area contributed by atoms with Gasteiger partial charge in [-0.05, 0) is 0 Å². The minimum Gasteiger partial charge on any atom is -0.394 e. The molecule has 12 aliphatic rings. The molecule has 0 aromatic heterocycles. The summed E-state index contributed by atoms with van der Waals surface area (Å²) in [5.41, 5.74) is 0. The van der Waals surface area contributed by atoms with E-state index in [-0.39, 0.29) is 0 Å². The first-order chi connectivity index (χ1) is 65.9. The van der Waals surface area contributed by atoms with E-state index in [4.69, 9.17) is 109 Å². The van der Waals surface area contributed by atoms with Gasteiger partial charge in [0, 0.05) is 13.8 Å². The highest BCUT2D eigenvalue weighted by Crippen LogP contribution is 2.43. The summed E-state index contributed by atoms with van der Waals surface area (Å²) in [4.78, 5) is 25.5. The first-order valence-corrected chi connectivity index (χ1v) is 44.2. The van der Waals surface area contributed by atoms with E-state index in [2.05, 4.69) is 10.6 Å². The number of aliphatic hydroxyl groups excluding tert-OH is 36. The summed E-state index contributed by atoms with van der Waals surface area (Å²) in [6.45, 7) is -12.5. The lowest BCUT2D eigenvalue weighted by atomic mass is 9.94. The van der Waals surface area contributed by atoms with Gasteiger partial charge in [0.05, 0.1) is 79.3 Å². The van der Waals surface area contributed by atoms with E-state index in [0.717, 1.165) is 13.8 Å². The molecule has 60 atom stereocenters. The van der Waals surface area contributed by atoms with Gasteiger partial charge in [-0.15, -0.1) is 0 Å². The average Bonchev–Trinajstić information content (AvgIpc) is 0.758. The minimum absolute atomic E-state index is 0.838. The summed E-state index contributed by atoms with van der Waals surface area (Å²) in [5.74, 6) is -1.86. The summed E-state index contributed by atoms with van der Waals surface area (Å²) in [6.07, 6.45) is -131. The molecule has 12 saturated heterocycles. The Bertz CT molecular complexity index is 3730. The standard InChI is InChI=1S/C76H128N2O61/c1-15(89)77-29-41(101)56(25(11-87)119-65(29)116)131-66-30(78-16(2)90)42(102)57(26(12-88)128-66)132-71-55(115)59(134-74-64(50(110)38(98)22(8-84)125-74)139-76-63(49(109)37(97)24(10-86)127-76)137-70-53(113)45(105)33(93)19(5-81)122-70)40(100)28(130-71)13-117-67-54(114)58(133-73-61(47(107)35(95)21(7-83)124-73)135-68-51(111)43(103)31(91)17(3-79)120-68)39(99)27(129-67)14-118-72-60(46(106)34(94)20(6-82)123-72)138-75-62(48(108)36(96)23(9-85)126-75)136-69-52(112)44(104)32(92)18(4-80)121-69/h17-76,79-88,91-116H,3-14H2,1-2H3,(H,77,89)(H,78,90)/t17-,18-,19-,20-,21-,22-,23-,24-,25-,26-,27-,28-,29-,30-,31-,32+,33-,34-,35-,36-,37-,38-,39-,40-,41-,42-,43+,44+,45+,46+,47+,48+,49+,50+,51+,52-,53+,54+,55+,56-,57-,58+,59+,60+,61+,62+,63+,64+,65-,66+,67+,68-,69-,70-,71+,72+,73-,74-,75-,76-/m1/s1. The molecular formula is C76H128N2O61. The Morgan fingerprint density at radius 1 is 0.187 bits per heavy atom. The number of amides is 2. The van der Waals surface area contributed by atoms with Gasteiger partial charge in [-0.3, -0.25) is 9.59 Å². The molecule has 0 aromatic carbocycles. The van der Waals surface area contributed by atoms with Gasteiger partial charge in [-0.2, -0.15) is 0 Å². The summed E-state index contributed by atoms with van der Waals surface area (Å²) < 4.78 is 136. The van der Waals surface area contributed by atoms with Crippen molar-refractivity contribution in [2.45, 2.75) is 382 Å². The molecule has 139 heavy (non-hydrogen) atoms. The van der Waals surface area contributed by atoms with Crippen LogP contribution in [0.3, 0.4) is 0 Å². The number of carbonyl (C=O) groups is 2. The highest BCUT2D eigenvalue weighted by Gasteiger charge is 2.64. The zero-order valence-electron chi connectivity index (χ0n) is 73.4. The van der Waals surface area contributed by atoms with Crippen molar-refractivity contribution in [1.29, 1.82) is 0 Å². The van der Waals surface area contributed by atoms with Crippen molar-refractivity contribution >= 4 is 11.8 Å². The molecule has 0 unspecified atom stereocenters. The van der Waals surface area contributed by atoms with Crippen LogP contribution in [-0.4, -0.2) is 643 Å². The first kappa shape index (κ1) is 114. The third-order valence-corrected chi connectivity index (χ3v) is 25.9. The van der Waals surface area contributed by atoms with Gasteiger partial charge in [0.2, 0.25) is 11.8 Å². The van der Waals surface area contributed by atoms with E-state index in [1.54, 1.807) is 0 Å². The highest BCUT2D eigenvalue weighted by atomic mass is 16.8. The lowest BCUT2D eigenvalue weighted by molar-refractivity contribution is -0.409. The van der Waals surface area contributed by atoms with E-state index in [1.807, 2.05) is 0 Å². The predicted octanol–water partition coefficient (Wildman–Crippen LogP) is -26.9. The Morgan fingerprint density at radius 3 is 0.712 bits per heavy atom. The first-order valence-electron chi connectivity index (χ1n) is 44.2. The molecule has 0 aliphatic carbocycles. The van der Waals surface area contributed by atoms with Crippen LogP contribution in [0.15, 0.2) is 0 Å². The zero-order valence-corrected chi connectivity index (χ0v) is 73.4. The minimum atomic E-state index is -2.73. The fraction of sp³-hybridized carbons (Fsp3) is 0.974. The number of hydrogen-bond acceptors (Lipinski definition) is 61. The summed E-state index contributed by atoms with van der Waals surface area (Å²) >= 11 is 0. The lowest BCUT2D eigenvalue weighted by Gasteiger charge is -2.51. The molecule has 12 aliphatic heterocycles. The normalized spacial score (nSPS) is 51.9. The Kier molecular flexibility index (Phi) is 41.0. The predicted molar refractivity (Wildman–Crippen MR) is 418 cm³/mol. The fourth-order valence-electron chi connectivity index (χ4n) is 17.9. The Morgan fingerprint density at radius 2 is 0.396 bits per heavy atom. The second kappa shape index (κ2) is 49.8. The van der Waals surface area contributed by atoms with Crippen LogP contribution >= 0.6 is 0 Å². The number of ether oxygens (including phenoxy) is 23. The Hall–Kier alpha value is -3.42. The molecule has 2 amide bonds. The summed E-state index contributed by atoms with van der Waals surface area (Å²) in [6, 6.07) is -3.76. The number of carbonyl (C=O) groups excluding carboxylic acids is 2. The van der Waals surface area contributed by atoms with Crippen LogP contribution in [-0.2, 0) is 119 Å². The van der Waals surface area contributed by atoms with Crippen LogP contribution in [0.4, 0.5) is 0 Å². The largest absolute Gasteiger partial charge is 0.394 e. The number of nitrogens with one attached hydrogen (secondary N) is 2. The fourth-order valence-corrected chi connectivity index (χ4v) is 17.9. The smallest absolute Gasteiger partial charge is 0.217 e. The molecule has 0 spiro atoms. The van der Waals surface area contributed by atoms with E-state index in [9.17, 15) is 193 Å². The highest BCUT2D eigenvalue weighted by molar-refractivity contribution is 5.73. The van der Waals surface area contributed by atoms with Gasteiger partial charge in [-0.25, -0.2) is 0 Å². The quantitative estimate of drug-likeness (QED) is 0.0277. The van der Waals surface area contributed by atoms with Crippen LogP contribution in [0, 0.1) is 0 Å². The molecule has 0 radical (unpaired) electrons. The number of hydrogen-bond donors (Lipinski definition) is 38. The molecule has 12 heterocycles. The molecule has 0 aromatic rings. The maximum absolute atomic E-state index is 13.2. The molecule has 63 nitrogen and oxygen atoms in total. The second-order valence-corrected chi connectivity index (χ2v) is 35.2.